The average Bonchev–Trinajstić information content (AvgIpc) is 3.21. The summed E-state index contributed by atoms with van der Waals surface area (Å²) < 4.78 is 27.0. The smallest absolute Gasteiger partial charge is 0.264 e. The molecule has 2 rings (SSSR count). The van der Waals surface area contributed by atoms with Crippen LogP contribution in [0.15, 0.2) is 35.5 Å². The molecule has 0 spiro atoms. The first kappa shape index (κ1) is 23.9. The molecule has 0 radical (unpaired) electrons. The van der Waals surface area contributed by atoms with Gasteiger partial charge in [0, 0.05) is 17.3 Å². The van der Waals surface area contributed by atoms with Crippen LogP contribution in [0.25, 0.3) is 5.69 Å². The molecule has 0 amide bonds. The van der Waals surface area contributed by atoms with Crippen LogP contribution in [-0.2, 0) is 9.84 Å². The van der Waals surface area contributed by atoms with E-state index in [1.807, 2.05) is 0 Å². The number of tetrazole rings is 1. The lowest BCUT2D eigenvalue weighted by Crippen LogP contribution is -2.33. The van der Waals surface area contributed by atoms with E-state index in [9.17, 15) is 18.5 Å². The number of sulfone groups is 1. The summed E-state index contributed by atoms with van der Waals surface area (Å²) in [5.74, 6) is -1.02. The van der Waals surface area contributed by atoms with Crippen molar-refractivity contribution in [2.24, 2.45) is 5.92 Å². The summed E-state index contributed by atoms with van der Waals surface area (Å²) in [6, 6.07) is 7.78. The molecule has 0 saturated heterocycles. The predicted molar refractivity (Wildman–Crippen MR) is 114 cm³/mol. The van der Waals surface area contributed by atoms with Crippen LogP contribution < -0.4 is 0 Å². The van der Waals surface area contributed by atoms with Crippen molar-refractivity contribution in [1.82, 2.24) is 20.2 Å². The van der Waals surface area contributed by atoms with Gasteiger partial charge in [0.15, 0.2) is 0 Å². The largest absolute Gasteiger partial charge is 0.272 e. The lowest BCUT2D eigenvalue weighted by Gasteiger charge is -2.17. The SMILES string of the molecule is CCCCCCCCC[C@H]([C@@H](C)CS(=O)(=O)c1nnnn1-c1ccccc1)[N+](=O)[O-]. The molecule has 1 aromatic heterocycles. The van der Waals surface area contributed by atoms with Gasteiger partial charge in [0.2, 0.25) is 15.9 Å². The Balaban J connectivity index is 1.99. The van der Waals surface area contributed by atoms with E-state index in [1.54, 1.807) is 37.3 Å². The van der Waals surface area contributed by atoms with E-state index in [2.05, 4.69) is 22.4 Å². The number of hydrogen-bond acceptors (Lipinski definition) is 7. The molecule has 0 bridgehead atoms. The van der Waals surface area contributed by atoms with Crippen molar-refractivity contribution in [1.29, 1.82) is 0 Å². The Morgan fingerprint density at radius 3 is 2.33 bits per heavy atom. The zero-order chi connectivity index (χ0) is 22.0. The number of unbranched alkanes of at least 4 members (excludes halogenated alkanes) is 6. The highest BCUT2D eigenvalue weighted by Crippen LogP contribution is 2.21. The maximum Gasteiger partial charge on any atom is 0.272 e. The molecule has 2 atom stereocenters. The van der Waals surface area contributed by atoms with Gasteiger partial charge < -0.3 is 0 Å². The topological polar surface area (TPSA) is 121 Å². The van der Waals surface area contributed by atoms with Gasteiger partial charge in [0.25, 0.3) is 5.16 Å². The molecule has 9 nitrogen and oxygen atoms in total. The second-order valence-corrected chi connectivity index (χ2v) is 9.66. The van der Waals surface area contributed by atoms with Crippen molar-refractivity contribution in [2.75, 3.05) is 5.75 Å². The number of rotatable bonds is 14. The third-order valence-corrected chi connectivity index (χ3v) is 7.01. The van der Waals surface area contributed by atoms with Crippen molar-refractivity contribution < 1.29 is 13.3 Å². The molecule has 0 aliphatic carbocycles. The minimum atomic E-state index is -3.90. The second kappa shape index (κ2) is 11.7. The van der Waals surface area contributed by atoms with Gasteiger partial charge in [-0.05, 0) is 29.0 Å². The number of hydrogen-bond donors (Lipinski definition) is 0. The first-order valence-corrected chi connectivity index (χ1v) is 12.2. The molecule has 0 N–H and O–H groups in total. The maximum atomic E-state index is 12.9. The summed E-state index contributed by atoms with van der Waals surface area (Å²) >= 11 is 0. The average molecular weight is 438 g/mol. The van der Waals surface area contributed by atoms with Crippen LogP contribution in [-0.4, -0.2) is 45.3 Å². The number of nitrogens with zero attached hydrogens (tertiary/aromatic N) is 5. The predicted octanol–water partition coefficient (Wildman–Crippen LogP) is 3.86. The van der Waals surface area contributed by atoms with Gasteiger partial charge in [0.1, 0.15) is 0 Å². The first-order valence-electron chi connectivity index (χ1n) is 10.6. The molecule has 0 fully saturated rings. The summed E-state index contributed by atoms with van der Waals surface area (Å²) in [7, 11) is -3.90. The summed E-state index contributed by atoms with van der Waals surface area (Å²) in [5.41, 5.74) is 0.516. The standard InChI is InChI=1S/C20H31N5O4S/c1-3-4-5-6-7-8-12-15-19(25(26)27)17(2)16-30(28,29)20-21-22-23-24(20)18-13-10-9-11-14-18/h9-11,13-14,17,19H,3-8,12,15-16H2,1-2H3/t17-,19+/m0/s1. The van der Waals surface area contributed by atoms with Gasteiger partial charge in [-0.15, -0.1) is 0 Å². The minimum Gasteiger partial charge on any atom is -0.264 e. The van der Waals surface area contributed by atoms with Gasteiger partial charge >= 0.3 is 0 Å². The Labute approximate surface area is 177 Å². The highest BCUT2D eigenvalue weighted by atomic mass is 32.2. The molecule has 10 heteroatoms. The van der Waals surface area contributed by atoms with Crippen molar-refractivity contribution >= 4 is 9.84 Å². The van der Waals surface area contributed by atoms with Crippen LogP contribution in [0.5, 0.6) is 0 Å². The molecule has 0 aliphatic heterocycles. The molecule has 166 valence electrons. The first-order chi connectivity index (χ1) is 14.4. The molecule has 0 aliphatic rings. The van der Waals surface area contributed by atoms with E-state index in [0.29, 0.717) is 12.1 Å². The molecular weight excluding hydrogens is 406 g/mol. The number of para-hydroxylation sites is 1. The van der Waals surface area contributed by atoms with Gasteiger partial charge in [-0.2, -0.15) is 4.68 Å². The molecule has 0 unspecified atom stereocenters. The number of benzene rings is 1. The fraction of sp³-hybridized carbons (Fsp3) is 0.650. The molecule has 1 aromatic carbocycles. The van der Waals surface area contributed by atoms with Crippen LogP contribution >= 0.6 is 0 Å². The Hall–Kier alpha value is -2.36. The lowest BCUT2D eigenvalue weighted by atomic mass is 9.97. The number of aromatic nitrogens is 4. The summed E-state index contributed by atoms with van der Waals surface area (Å²) in [6.07, 6.45) is 7.83. The monoisotopic (exact) mass is 437 g/mol. The van der Waals surface area contributed by atoms with E-state index in [4.69, 9.17) is 0 Å². The highest BCUT2D eigenvalue weighted by Gasteiger charge is 2.34. The van der Waals surface area contributed by atoms with Crippen LogP contribution in [0.3, 0.4) is 0 Å². The van der Waals surface area contributed by atoms with E-state index < -0.39 is 21.8 Å². The second-order valence-electron chi connectivity index (χ2n) is 7.73. The van der Waals surface area contributed by atoms with Crippen LogP contribution in [0.2, 0.25) is 0 Å². The lowest BCUT2D eigenvalue weighted by molar-refractivity contribution is -0.531. The molecular formula is C20H31N5O4S. The van der Waals surface area contributed by atoms with Gasteiger partial charge in [-0.25, -0.2) is 8.42 Å². The highest BCUT2D eigenvalue weighted by molar-refractivity contribution is 7.91. The van der Waals surface area contributed by atoms with Crippen LogP contribution in [0, 0.1) is 16.0 Å². The summed E-state index contributed by atoms with van der Waals surface area (Å²) in [4.78, 5) is 11.2. The van der Waals surface area contributed by atoms with Crippen molar-refractivity contribution in [2.45, 2.75) is 76.4 Å². The Bertz CT molecular complexity index is 886. The van der Waals surface area contributed by atoms with Crippen molar-refractivity contribution in [3.05, 3.63) is 40.4 Å². The maximum absolute atomic E-state index is 12.9. The Morgan fingerprint density at radius 1 is 1.07 bits per heavy atom. The van der Waals surface area contributed by atoms with Crippen LogP contribution in [0.4, 0.5) is 0 Å². The normalized spacial score (nSPS) is 13.8. The van der Waals surface area contributed by atoms with E-state index in [0.717, 1.165) is 30.4 Å². The fourth-order valence-corrected chi connectivity index (χ4v) is 5.17. The van der Waals surface area contributed by atoms with E-state index >= 15 is 0 Å². The third kappa shape index (κ3) is 6.86. The van der Waals surface area contributed by atoms with Gasteiger partial charge in [0.05, 0.1) is 11.4 Å². The van der Waals surface area contributed by atoms with E-state index in [1.165, 1.54) is 19.3 Å². The molecule has 0 saturated carbocycles. The van der Waals surface area contributed by atoms with Crippen LogP contribution in [0.1, 0.15) is 65.2 Å². The summed E-state index contributed by atoms with van der Waals surface area (Å²) in [5, 5.41) is 22.2. The van der Waals surface area contributed by atoms with Crippen molar-refractivity contribution in [3.63, 3.8) is 0 Å². The van der Waals surface area contributed by atoms with E-state index in [-0.39, 0.29) is 15.8 Å². The third-order valence-electron chi connectivity index (χ3n) is 5.23. The zero-order valence-corrected chi connectivity index (χ0v) is 18.5. The molecule has 30 heavy (non-hydrogen) atoms. The van der Waals surface area contributed by atoms with Gasteiger partial charge in [-0.1, -0.05) is 75.7 Å². The molecule has 1 heterocycles. The minimum absolute atomic E-state index is 0.293. The zero-order valence-electron chi connectivity index (χ0n) is 17.7. The van der Waals surface area contributed by atoms with Gasteiger partial charge in [-0.3, -0.25) is 10.1 Å². The molecule has 2 aromatic rings. The number of nitro groups is 1. The Morgan fingerprint density at radius 2 is 1.70 bits per heavy atom. The quantitative estimate of drug-likeness (QED) is 0.250. The fourth-order valence-electron chi connectivity index (χ4n) is 3.54. The Kier molecular flexibility index (Phi) is 9.35. The summed E-state index contributed by atoms with van der Waals surface area (Å²) in [6.45, 7) is 3.78. The van der Waals surface area contributed by atoms with Crippen molar-refractivity contribution in [3.8, 4) is 5.69 Å².